The molecule has 7 nitrogen and oxygen atoms in total. The second-order valence-electron chi connectivity index (χ2n) is 10.0. The number of amides is 2. The third-order valence-corrected chi connectivity index (χ3v) is 8.26. The van der Waals surface area contributed by atoms with Gasteiger partial charge in [0, 0.05) is 6.04 Å². The molecule has 7 atom stereocenters. The Hall–Kier alpha value is -2.12. The van der Waals surface area contributed by atoms with Crippen molar-refractivity contribution in [3.05, 3.63) is 29.3 Å². The fraction of sp³-hybridized carbons (Fsp3) is 0.667. The summed E-state index contributed by atoms with van der Waals surface area (Å²) in [6.07, 6.45) is 6.20. The number of phenols is 1. The van der Waals surface area contributed by atoms with Gasteiger partial charge in [-0.2, -0.15) is 0 Å². The van der Waals surface area contributed by atoms with Crippen molar-refractivity contribution in [2.24, 2.45) is 23.0 Å². The molecule has 0 aliphatic heterocycles. The minimum absolute atomic E-state index is 0.0103. The Kier molecular flexibility index (Phi) is 6.01. The summed E-state index contributed by atoms with van der Waals surface area (Å²) in [6.45, 7) is 3.39. The molecule has 4 rings (SSSR count). The number of carbonyl (C=O) groups is 2. The number of hydrogen-bond donors (Lipinski definition) is 5. The van der Waals surface area contributed by atoms with Crippen molar-refractivity contribution >= 4 is 11.8 Å². The zero-order valence-electron chi connectivity index (χ0n) is 18.4. The molecular formula is C24H35N3O4. The van der Waals surface area contributed by atoms with E-state index >= 15 is 0 Å². The summed E-state index contributed by atoms with van der Waals surface area (Å²) in [7, 11) is 0. The molecule has 0 spiro atoms. The molecule has 2 fully saturated rings. The molecule has 7 heteroatoms. The smallest absolute Gasteiger partial charge is 0.245 e. The first-order valence-electron chi connectivity index (χ1n) is 11.5. The summed E-state index contributed by atoms with van der Waals surface area (Å²) >= 11 is 0. The van der Waals surface area contributed by atoms with Gasteiger partial charge in [-0.25, -0.2) is 0 Å². The number of carbonyl (C=O) groups excluding carboxylic acids is 2. The van der Waals surface area contributed by atoms with Crippen LogP contribution in [0, 0.1) is 17.3 Å². The monoisotopic (exact) mass is 429 g/mol. The topological polar surface area (TPSA) is 125 Å². The fourth-order valence-corrected chi connectivity index (χ4v) is 6.58. The Morgan fingerprint density at radius 1 is 1.23 bits per heavy atom. The van der Waals surface area contributed by atoms with Gasteiger partial charge in [0.15, 0.2) is 0 Å². The Morgan fingerprint density at radius 2 is 2.00 bits per heavy atom. The van der Waals surface area contributed by atoms with E-state index in [1.165, 1.54) is 11.1 Å². The average molecular weight is 430 g/mol. The summed E-state index contributed by atoms with van der Waals surface area (Å²) in [4.78, 5) is 24.7. The zero-order valence-corrected chi connectivity index (χ0v) is 18.4. The van der Waals surface area contributed by atoms with Gasteiger partial charge in [-0.05, 0) is 91.9 Å². The van der Waals surface area contributed by atoms with E-state index in [0.29, 0.717) is 23.5 Å². The van der Waals surface area contributed by atoms with E-state index < -0.39 is 24.6 Å². The number of nitrogens with two attached hydrogens (primary N) is 1. The minimum Gasteiger partial charge on any atom is -0.508 e. The third kappa shape index (κ3) is 3.94. The van der Waals surface area contributed by atoms with Crippen molar-refractivity contribution in [1.82, 2.24) is 10.6 Å². The van der Waals surface area contributed by atoms with E-state index in [0.717, 1.165) is 38.5 Å². The van der Waals surface area contributed by atoms with Crippen LogP contribution in [0.5, 0.6) is 5.75 Å². The molecule has 1 aromatic rings. The molecular weight excluding hydrogens is 394 g/mol. The molecule has 2 amide bonds. The number of nitrogens with one attached hydrogen (secondary N) is 2. The molecule has 3 aliphatic carbocycles. The van der Waals surface area contributed by atoms with Crippen molar-refractivity contribution < 1.29 is 19.8 Å². The Balaban J connectivity index is 1.47. The highest BCUT2D eigenvalue weighted by Crippen LogP contribution is 2.60. The highest BCUT2D eigenvalue weighted by Gasteiger charge is 2.55. The highest BCUT2D eigenvalue weighted by atomic mass is 16.3. The van der Waals surface area contributed by atoms with Crippen LogP contribution in [0.3, 0.4) is 0 Å². The van der Waals surface area contributed by atoms with Gasteiger partial charge in [-0.15, -0.1) is 0 Å². The van der Waals surface area contributed by atoms with Gasteiger partial charge in [0.25, 0.3) is 0 Å². The van der Waals surface area contributed by atoms with Crippen molar-refractivity contribution in [2.45, 2.75) is 76.4 Å². The summed E-state index contributed by atoms with van der Waals surface area (Å²) in [5.41, 5.74) is 8.26. The van der Waals surface area contributed by atoms with Gasteiger partial charge in [0.05, 0.1) is 12.6 Å². The maximum atomic E-state index is 12.8. The van der Waals surface area contributed by atoms with Crippen molar-refractivity contribution in [1.29, 1.82) is 0 Å². The lowest BCUT2D eigenvalue weighted by atomic mass is 9.55. The summed E-state index contributed by atoms with van der Waals surface area (Å²) < 4.78 is 0. The predicted molar refractivity (Wildman–Crippen MR) is 117 cm³/mol. The predicted octanol–water partition coefficient (Wildman–Crippen LogP) is 1.56. The lowest BCUT2D eigenvalue weighted by Gasteiger charge is -2.51. The molecule has 0 heterocycles. The van der Waals surface area contributed by atoms with Crippen molar-refractivity contribution in [3.63, 3.8) is 0 Å². The van der Waals surface area contributed by atoms with Gasteiger partial charge in [-0.1, -0.05) is 13.0 Å². The zero-order chi connectivity index (χ0) is 22.3. The minimum atomic E-state index is -0.980. The fourth-order valence-electron chi connectivity index (χ4n) is 6.58. The van der Waals surface area contributed by atoms with Crippen molar-refractivity contribution in [2.75, 3.05) is 6.61 Å². The first-order valence-corrected chi connectivity index (χ1v) is 11.5. The van der Waals surface area contributed by atoms with Crippen LogP contribution in [0.2, 0.25) is 0 Å². The molecule has 7 unspecified atom stereocenters. The van der Waals surface area contributed by atoms with Crippen LogP contribution >= 0.6 is 0 Å². The maximum absolute atomic E-state index is 12.8. The van der Waals surface area contributed by atoms with E-state index in [1.807, 2.05) is 6.07 Å². The Labute approximate surface area is 183 Å². The van der Waals surface area contributed by atoms with Gasteiger partial charge >= 0.3 is 0 Å². The summed E-state index contributed by atoms with van der Waals surface area (Å²) in [6, 6.07) is 4.15. The number of phenolic OH excluding ortho intramolecular Hbond substituents is 1. The van der Waals surface area contributed by atoms with Gasteiger partial charge in [-0.3, -0.25) is 9.59 Å². The molecule has 2 saturated carbocycles. The number of aliphatic hydroxyl groups excluding tert-OH is 1. The van der Waals surface area contributed by atoms with Crippen LogP contribution in [0.15, 0.2) is 18.2 Å². The second kappa shape index (κ2) is 8.43. The highest BCUT2D eigenvalue weighted by molar-refractivity contribution is 5.89. The van der Waals surface area contributed by atoms with Crippen LogP contribution < -0.4 is 16.4 Å². The van der Waals surface area contributed by atoms with E-state index in [-0.39, 0.29) is 17.4 Å². The van der Waals surface area contributed by atoms with Crippen LogP contribution in [-0.4, -0.2) is 46.8 Å². The molecule has 6 N–H and O–H groups in total. The lowest BCUT2D eigenvalue weighted by molar-refractivity contribution is -0.131. The van der Waals surface area contributed by atoms with Crippen LogP contribution in [0.1, 0.15) is 63.0 Å². The van der Waals surface area contributed by atoms with Gasteiger partial charge in [0.1, 0.15) is 11.8 Å². The van der Waals surface area contributed by atoms with Gasteiger partial charge < -0.3 is 26.6 Å². The third-order valence-electron chi connectivity index (χ3n) is 8.26. The Bertz CT molecular complexity index is 857. The van der Waals surface area contributed by atoms with Crippen molar-refractivity contribution in [3.8, 4) is 5.75 Å². The number of rotatable bonds is 5. The SMILES string of the molecule is CC(N)C(=O)NC(CO)C(=O)NC1CCC2C3CCc4cc(O)ccc4C3CCC12C. The molecule has 3 aliphatic rings. The first kappa shape index (κ1) is 22.1. The van der Waals surface area contributed by atoms with Gasteiger partial charge in [0.2, 0.25) is 11.8 Å². The molecule has 0 aromatic heterocycles. The normalized spacial score (nSPS) is 33.4. The van der Waals surface area contributed by atoms with Crippen LogP contribution in [0.25, 0.3) is 0 Å². The van der Waals surface area contributed by atoms with E-state index in [2.05, 4.69) is 23.6 Å². The number of fused-ring (bicyclic) bond motifs is 5. The van der Waals surface area contributed by atoms with Crippen LogP contribution in [0.4, 0.5) is 0 Å². The quantitative estimate of drug-likeness (QED) is 0.486. The molecule has 0 radical (unpaired) electrons. The molecule has 170 valence electrons. The van der Waals surface area contributed by atoms with E-state index in [9.17, 15) is 19.8 Å². The molecule has 1 aromatic carbocycles. The molecule has 31 heavy (non-hydrogen) atoms. The van der Waals surface area contributed by atoms with Crippen LogP contribution in [-0.2, 0) is 16.0 Å². The second-order valence-corrected chi connectivity index (χ2v) is 10.0. The first-order chi connectivity index (χ1) is 14.7. The number of aliphatic hydroxyl groups is 1. The Morgan fingerprint density at radius 3 is 2.71 bits per heavy atom. The number of aromatic hydroxyl groups is 1. The maximum Gasteiger partial charge on any atom is 0.245 e. The van der Waals surface area contributed by atoms with E-state index in [4.69, 9.17) is 5.73 Å². The molecule has 0 saturated heterocycles. The number of hydrogen-bond acceptors (Lipinski definition) is 5. The number of benzene rings is 1. The summed E-state index contributed by atoms with van der Waals surface area (Å²) in [5.74, 6) is 1.20. The molecule has 0 bridgehead atoms. The number of aryl methyl sites for hydroxylation is 1. The lowest BCUT2D eigenvalue weighted by Crippen LogP contribution is -2.57. The average Bonchev–Trinajstić information content (AvgIpc) is 3.07. The largest absolute Gasteiger partial charge is 0.508 e. The summed E-state index contributed by atoms with van der Waals surface area (Å²) in [5, 5.41) is 25.2. The standard InChI is InChI=1S/C24H35N3O4/c1-13(25)22(30)26-20(12-28)23(31)27-21-8-7-19-18-5-3-14-11-15(29)4-6-16(14)17(18)9-10-24(19,21)2/h4,6,11,13,17-21,28-29H,3,5,7-10,12,25H2,1-2H3,(H,26,30)(H,27,31). The van der Waals surface area contributed by atoms with E-state index in [1.54, 1.807) is 13.0 Å².